The number of fused-ring (bicyclic) bond motifs is 1. The lowest BCUT2D eigenvalue weighted by Gasteiger charge is -2.11. The van der Waals surface area contributed by atoms with Crippen LogP contribution in [0.3, 0.4) is 0 Å². The van der Waals surface area contributed by atoms with Gasteiger partial charge in [-0.3, -0.25) is 4.72 Å². The molecule has 0 aliphatic carbocycles. The van der Waals surface area contributed by atoms with Gasteiger partial charge in [0.15, 0.2) is 0 Å². The first-order valence-electron chi connectivity index (χ1n) is 8.34. The van der Waals surface area contributed by atoms with Gasteiger partial charge in [-0.1, -0.05) is 29.0 Å². The third-order valence-electron chi connectivity index (χ3n) is 4.17. The first kappa shape index (κ1) is 17.6. The SMILES string of the molecule is Cc1ccc(S(=O)(=O)Nc2ccc(-c3nc4cccnc4s3)cc2)c(C)c1. The van der Waals surface area contributed by atoms with Crippen LogP contribution in [-0.4, -0.2) is 18.4 Å². The molecule has 0 saturated carbocycles. The zero-order valence-corrected chi connectivity index (χ0v) is 16.4. The van der Waals surface area contributed by atoms with Crippen LogP contribution >= 0.6 is 11.3 Å². The van der Waals surface area contributed by atoms with Crippen LogP contribution in [0.15, 0.2) is 65.7 Å². The maximum Gasteiger partial charge on any atom is 0.262 e. The largest absolute Gasteiger partial charge is 0.280 e. The Labute approximate surface area is 161 Å². The summed E-state index contributed by atoms with van der Waals surface area (Å²) in [5, 5.41) is 0.854. The lowest BCUT2D eigenvalue weighted by Crippen LogP contribution is -2.14. The molecule has 2 aromatic heterocycles. The number of rotatable bonds is 4. The average Bonchev–Trinajstić information content (AvgIpc) is 3.05. The van der Waals surface area contributed by atoms with E-state index in [9.17, 15) is 8.42 Å². The predicted octanol–water partition coefficient (Wildman–Crippen LogP) is 4.78. The number of pyridine rings is 1. The molecule has 2 heterocycles. The summed E-state index contributed by atoms with van der Waals surface area (Å²) in [6.45, 7) is 3.74. The molecule has 0 radical (unpaired) electrons. The summed E-state index contributed by atoms with van der Waals surface area (Å²) < 4.78 is 28.0. The molecule has 5 nitrogen and oxygen atoms in total. The molecule has 0 fully saturated rings. The Hall–Kier alpha value is -2.77. The van der Waals surface area contributed by atoms with E-state index in [1.54, 1.807) is 37.4 Å². The molecule has 4 aromatic rings. The van der Waals surface area contributed by atoms with Crippen LogP contribution in [0.2, 0.25) is 0 Å². The van der Waals surface area contributed by atoms with Crippen molar-refractivity contribution in [2.24, 2.45) is 0 Å². The molecule has 2 aromatic carbocycles. The van der Waals surface area contributed by atoms with Gasteiger partial charge < -0.3 is 0 Å². The lowest BCUT2D eigenvalue weighted by atomic mass is 10.2. The van der Waals surface area contributed by atoms with E-state index in [4.69, 9.17) is 0 Å². The fraction of sp³-hybridized carbons (Fsp3) is 0.100. The van der Waals surface area contributed by atoms with Gasteiger partial charge in [-0.2, -0.15) is 0 Å². The Morgan fingerprint density at radius 3 is 2.48 bits per heavy atom. The zero-order chi connectivity index (χ0) is 19.0. The number of thiazole rings is 1. The molecule has 0 spiro atoms. The third-order valence-corrected chi connectivity index (χ3v) is 6.74. The molecule has 0 unspecified atom stereocenters. The Balaban J connectivity index is 1.60. The minimum atomic E-state index is -3.63. The normalized spacial score (nSPS) is 11.6. The second kappa shape index (κ2) is 6.75. The monoisotopic (exact) mass is 395 g/mol. The predicted molar refractivity (Wildman–Crippen MR) is 110 cm³/mol. The topological polar surface area (TPSA) is 72.0 Å². The summed E-state index contributed by atoms with van der Waals surface area (Å²) in [4.78, 5) is 10.0. The summed E-state index contributed by atoms with van der Waals surface area (Å²) in [7, 11) is -3.63. The summed E-state index contributed by atoms with van der Waals surface area (Å²) in [6, 6.07) is 16.3. The number of nitrogens with zero attached hydrogens (tertiary/aromatic N) is 2. The molecule has 0 aliphatic rings. The Morgan fingerprint density at radius 1 is 1.00 bits per heavy atom. The van der Waals surface area contributed by atoms with Gasteiger partial charge in [-0.15, -0.1) is 0 Å². The minimum Gasteiger partial charge on any atom is -0.280 e. The van der Waals surface area contributed by atoms with Gasteiger partial charge in [0, 0.05) is 17.4 Å². The highest BCUT2D eigenvalue weighted by Gasteiger charge is 2.17. The van der Waals surface area contributed by atoms with Gasteiger partial charge in [0.25, 0.3) is 10.0 Å². The molecule has 4 rings (SSSR count). The molecule has 0 amide bonds. The number of hydrogen-bond donors (Lipinski definition) is 1. The van der Waals surface area contributed by atoms with Gasteiger partial charge >= 0.3 is 0 Å². The first-order valence-corrected chi connectivity index (χ1v) is 10.6. The molecule has 0 atom stereocenters. The van der Waals surface area contributed by atoms with Gasteiger partial charge in [0.1, 0.15) is 15.4 Å². The molecule has 27 heavy (non-hydrogen) atoms. The van der Waals surface area contributed by atoms with Crippen molar-refractivity contribution < 1.29 is 8.42 Å². The van der Waals surface area contributed by atoms with Crippen molar-refractivity contribution in [2.45, 2.75) is 18.7 Å². The number of hydrogen-bond acceptors (Lipinski definition) is 5. The molecule has 0 saturated heterocycles. The van der Waals surface area contributed by atoms with Gasteiger partial charge in [0.05, 0.1) is 4.90 Å². The van der Waals surface area contributed by atoms with Crippen LogP contribution in [-0.2, 0) is 10.0 Å². The van der Waals surface area contributed by atoms with Crippen LogP contribution < -0.4 is 4.72 Å². The van der Waals surface area contributed by atoms with Gasteiger partial charge in [-0.25, -0.2) is 18.4 Å². The van der Waals surface area contributed by atoms with Crippen LogP contribution in [0.25, 0.3) is 20.9 Å². The zero-order valence-electron chi connectivity index (χ0n) is 14.8. The number of benzene rings is 2. The lowest BCUT2D eigenvalue weighted by molar-refractivity contribution is 0.600. The van der Waals surface area contributed by atoms with Crippen LogP contribution in [0, 0.1) is 13.8 Å². The number of sulfonamides is 1. The fourth-order valence-electron chi connectivity index (χ4n) is 2.89. The van der Waals surface area contributed by atoms with Gasteiger partial charge in [0.2, 0.25) is 0 Å². The van der Waals surface area contributed by atoms with Crippen molar-refractivity contribution in [3.8, 4) is 10.6 Å². The summed E-state index contributed by atoms with van der Waals surface area (Å²) in [6.07, 6.45) is 1.75. The van der Waals surface area contributed by atoms with Crippen molar-refractivity contribution in [1.29, 1.82) is 0 Å². The van der Waals surface area contributed by atoms with Crippen molar-refractivity contribution in [3.63, 3.8) is 0 Å². The Bertz CT molecular complexity index is 1200. The highest BCUT2D eigenvalue weighted by atomic mass is 32.2. The first-order chi connectivity index (χ1) is 12.9. The summed E-state index contributed by atoms with van der Waals surface area (Å²) >= 11 is 1.51. The quantitative estimate of drug-likeness (QED) is 0.540. The van der Waals surface area contributed by atoms with Crippen LogP contribution in [0.1, 0.15) is 11.1 Å². The van der Waals surface area contributed by atoms with E-state index in [2.05, 4.69) is 14.7 Å². The second-order valence-corrected chi connectivity index (χ2v) is 8.93. The standard InChI is InChI=1S/C20H17N3O2S2/c1-13-5-10-18(14(2)12-13)27(24,25)23-16-8-6-15(7-9-16)19-22-17-4-3-11-21-20(17)26-19/h3-12,23H,1-2H3. The van der Waals surface area contributed by atoms with Crippen molar-refractivity contribution in [3.05, 3.63) is 71.9 Å². The van der Waals surface area contributed by atoms with E-state index >= 15 is 0 Å². The van der Waals surface area contributed by atoms with E-state index < -0.39 is 10.0 Å². The summed E-state index contributed by atoms with van der Waals surface area (Å²) in [5.74, 6) is 0. The minimum absolute atomic E-state index is 0.287. The highest BCUT2D eigenvalue weighted by molar-refractivity contribution is 7.92. The second-order valence-electron chi connectivity index (χ2n) is 6.30. The van der Waals surface area contributed by atoms with E-state index in [1.165, 1.54) is 11.3 Å². The van der Waals surface area contributed by atoms with Crippen molar-refractivity contribution in [2.75, 3.05) is 4.72 Å². The fourth-order valence-corrected chi connectivity index (χ4v) is 5.08. The van der Waals surface area contributed by atoms with Crippen LogP contribution in [0.5, 0.6) is 0 Å². The molecule has 1 N–H and O–H groups in total. The van der Waals surface area contributed by atoms with E-state index in [0.717, 1.165) is 32.0 Å². The van der Waals surface area contributed by atoms with Crippen LogP contribution in [0.4, 0.5) is 5.69 Å². The number of aromatic nitrogens is 2. The van der Waals surface area contributed by atoms with E-state index in [-0.39, 0.29) is 4.90 Å². The van der Waals surface area contributed by atoms with Crippen molar-refractivity contribution in [1.82, 2.24) is 9.97 Å². The van der Waals surface area contributed by atoms with Crippen molar-refractivity contribution >= 4 is 37.4 Å². The molecule has 0 aliphatic heterocycles. The molecular weight excluding hydrogens is 378 g/mol. The average molecular weight is 396 g/mol. The number of anilines is 1. The maximum atomic E-state index is 12.7. The molecule has 7 heteroatoms. The molecule has 136 valence electrons. The Kier molecular flexibility index (Phi) is 4.41. The summed E-state index contributed by atoms with van der Waals surface area (Å²) in [5.41, 5.74) is 4.05. The van der Waals surface area contributed by atoms with Gasteiger partial charge in [-0.05, 0) is 61.9 Å². The highest BCUT2D eigenvalue weighted by Crippen LogP contribution is 2.30. The third kappa shape index (κ3) is 3.56. The number of nitrogens with one attached hydrogen (secondary N) is 1. The Morgan fingerprint density at radius 2 is 1.78 bits per heavy atom. The maximum absolute atomic E-state index is 12.7. The number of aryl methyl sites for hydroxylation is 2. The molecular formula is C20H17N3O2S2. The van der Waals surface area contributed by atoms with E-state index in [0.29, 0.717) is 5.69 Å². The van der Waals surface area contributed by atoms with E-state index in [1.807, 2.05) is 37.3 Å². The smallest absolute Gasteiger partial charge is 0.262 e. The molecule has 0 bridgehead atoms.